The molecule has 18 heavy (non-hydrogen) atoms. The molecule has 0 aliphatic rings. The quantitative estimate of drug-likeness (QED) is 0.920. The van der Waals surface area contributed by atoms with Crippen LogP contribution in [0, 0.1) is 0 Å². The first-order chi connectivity index (χ1) is 8.13. The van der Waals surface area contributed by atoms with Crippen LogP contribution in [0.1, 0.15) is 18.9 Å². The summed E-state index contributed by atoms with van der Waals surface area (Å²) in [6, 6.07) is 2.98. The second-order valence-electron chi connectivity index (χ2n) is 3.61. The van der Waals surface area contributed by atoms with Gasteiger partial charge < -0.3 is 4.74 Å². The summed E-state index contributed by atoms with van der Waals surface area (Å²) >= 11 is 0. The van der Waals surface area contributed by atoms with E-state index in [1.165, 1.54) is 0 Å². The number of alkyl halides is 3. The zero-order valence-electron chi connectivity index (χ0n) is 9.49. The average Bonchev–Trinajstić information content (AvgIpc) is 2.13. The molecule has 1 aromatic carbocycles. The Kier molecular flexibility index (Phi) is 4.23. The van der Waals surface area contributed by atoms with E-state index in [2.05, 4.69) is 4.74 Å². The third-order valence-corrected chi connectivity index (χ3v) is 3.10. The van der Waals surface area contributed by atoms with Crippen molar-refractivity contribution in [1.29, 1.82) is 0 Å². The Morgan fingerprint density at radius 3 is 2.39 bits per heavy atom. The number of rotatable bonds is 4. The highest BCUT2D eigenvalue weighted by atomic mass is 32.2. The van der Waals surface area contributed by atoms with Gasteiger partial charge in [0.1, 0.15) is 5.75 Å². The van der Waals surface area contributed by atoms with Crippen LogP contribution in [0.2, 0.25) is 0 Å². The zero-order chi connectivity index (χ0) is 14.0. The Bertz CT molecular complexity index is 526. The molecule has 0 atom stereocenters. The van der Waals surface area contributed by atoms with Crippen molar-refractivity contribution in [2.75, 3.05) is 0 Å². The van der Waals surface area contributed by atoms with E-state index in [4.69, 9.17) is 5.14 Å². The molecule has 2 N–H and O–H groups in total. The molecule has 0 radical (unpaired) electrons. The maximum absolute atomic E-state index is 12.0. The van der Waals surface area contributed by atoms with E-state index in [1.54, 1.807) is 6.92 Å². The van der Waals surface area contributed by atoms with Gasteiger partial charge in [0.05, 0.1) is 4.90 Å². The number of hydrogen-bond donors (Lipinski definition) is 1. The number of primary sulfonamides is 1. The van der Waals surface area contributed by atoms with E-state index >= 15 is 0 Å². The van der Waals surface area contributed by atoms with Crippen LogP contribution in [0.15, 0.2) is 23.1 Å². The van der Waals surface area contributed by atoms with Gasteiger partial charge in [-0.05, 0) is 30.2 Å². The van der Waals surface area contributed by atoms with E-state index in [9.17, 15) is 21.6 Å². The Morgan fingerprint density at radius 2 is 1.94 bits per heavy atom. The standard InChI is InChI=1S/C10H12F3NO3S/c1-2-3-7-6-8(17-10(11,12)13)4-5-9(7)18(14,15)16/h4-6H,2-3H2,1H3,(H2,14,15,16). The smallest absolute Gasteiger partial charge is 0.406 e. The molecule has 1 rings (SSSR count). The minimum Gasteiger partial charge on any atom is -0.406 e. The van der Waals surface area contributed by atoms with E-state index in [0.29, 0.717) is 12.8 Å². The fourth-order valence-electron chi connectivity index (χ4n) is 1.50. The minimum absolute atomic E-state index is 0.182. The van der Waals surface area contributed by atoms with Gasteiger partial charge in [-0.2, -0.15) is 0 Å². The molecule has 8 heteroatoms. The topological polar surface area (TPSA) is 69.4 Å². The number of halogens is 3. The molecular formula is C10H12F3NO3S. The van der Waals surface area contributed by atoms with E-state index in [0.717, 1.165) is 18.2 Å². The fraction of sp³-hybridized carbons (Fsp3) is 0.400. The van der Waals surface area contributed by atoms with Gasteiger partial charge in [-0.1, -0.05) is 13.3 Å². The Morgan fingerprint density at radius 1 is 1.33 bits per heavy atom. The molecule has 102 valence electrons. The predicted octanol–water partition coefficient (Wildman–Crippen LogP) is 2.19. The summed E-state index contributed by atoms with van der Waals surface area (Å²) in [6.45, 7) is 1.77. The Balaban J connectivity index is 3.19. The number of benzene rings is 1. The lowest BCUT2D eigenvalue weighted by molar-refractivity contribution is -0.274. The van der Waals surface area contributed by atoms with Crippen molar-refractivity contribution in [3.8, 4) is 5.75 Å². The highest BCUT2D eigenvalue weighted by Gasteiger charge is 2.31. The lowest BCUT2D eigenvalue weighted by Crippen LogP contribution is -2.18. The maximum atomic E-state index is 12.0. The van der Waals surface area contributed by atoms with Gasteiger partial charge in [-0.15, -0.1) is 13.2 Å². The highest BCUT2D eigenvalue weighted by Crippen LogP contribution is 2.27. The maximum Gasteiger partial charge on any atom is 0.573 e. The molecule has 4 nitrogen and oxygen atoms in total. The van der Waals surface area contributed by atoms with Crippen LogP contribution in [0.3, 0.4) is 0 Å². The lowest BCUT2D eigenvalue weighted by Gasteiger charge is -2.12. The van der Waals surface area contributed by atoms with Crippen molar-refractivity contribution in [2.45, 2.75) is 31.0 Å². The summed E-state index contributed by atoms with van der Waals surface area (Å²) in [5.74, 6) is -0.460. The number of aryl methyl sites for hydroxylation is 1. The fourth-order valence-corrected chi connectivity index (χ4v) is 2.28. The van der Waals surface area contributed by atoms with Gasteiger partial charge in [0.15, 0.2) is 0 Å². The summed E-state index contributed by atoms with van der Waals surface area (Å²) in [7, 11) is -3.95. The molecule has 0 spiro atoms. The Labute approximate surface area is 103 Å². The predicted molar refractivity (Wildman–Crippen MR) is 58.5 cm³/mol. The second kappa shape index (κ2) is 5.15. The van der Waals surface area contributed by atoms with Crippen LogP contribution in [0.4, 0.5) is 13.2 Å². The molecule has 0 saturated heterocycles. The van der Waals surface area contributed by atoms with E-state index in [1.807, 2.05) is 0 Å². The van der Waals surface area contributed by atoms with Crippen LogP contribution < -0.4 is 9.88 Å². The summed E-state index contributed by atoms with van der Waals surface area (Å²) < 4.78 is 62.3. The van der Waals surface area contributed by atoms with Gasteiger partial charge in [0, 0.05) is 0 Å². The number of ether oxygens (including phenoxy) is 1. The van der Waals surface area contributed by atoms with Crippen molar-refractivity contribution in [3.63, 3.8) is 0 Å². The lowest BCUT2D eigenvalue weighted by atomic mass is 10.1. The van der Waals surface area contributed by atoms with Crippen molar-refractivity contribution >= 4 is 10.0 Å². The zero-order valence-corrected chi connectivity index (χ0v) is 10.3. The molecule has 0 aromatic heterocycles. The van der Waals surface area contributed by atoms with Gasteiger partial charge in [-0.3, -0.25) is 0 Å². The van der Waals surface area contributed by atoms with E-state index in [-0.39, 0.29) is 10.5 Å². The third kappa shape index (κ3) is 4.19. The molecule has 0 bridgehead atoms. The normalized spacial score (nSPS) is 12.5. The largest absolute Gasteiger partial charge is 0.573 e. The number of sulfonamides is 1. The van der Waals surface area contributed by atoms with Crippen molar-refractivity contribution in [2.24, 2.45) is 5.14 Å². The highest BCUT2D eigenvalue weighted by molar-refractivity contribution is 7.89. The van der Waals surface area contributed by atoms with Gasteiger partial charge in [0.2, 0.25) is 10.0 Å². The van der Waals surface area contributed by atoms with E-state index < -0.39 is 22.1 Å². The molecule has 0 aliphatic heterocycles. The van der Waals surface area contributed by atoms with Gasteiger partial charge >= 0.3 is 6.36 Å². The summed E-state index contributed by atoms with van der Waals surface area (Å²) in [5, 5.41) is 4.97. The first kappa shape index (κ1) is 14.8. The minimum atomic E-state index is -4.81. The third-order valence-electron chi connectivity index (χ3n) is 2.09. The monoisotopic (exact) mass is 283 g/mol. The molecule has 0 heterocycles. The van der Waals surface area contributed by atoms with Gasteiger partial charge in [-0.25, -0.2) is 13.6 Å². The van der Waals surface area contributed by atoms with Crippen LogP contribution in [-0.4, -0.2) is 14.8 Å². The SMILES string of the molecule is CCCc1cc(OC(F)(F)F)ccc1S(N)(=O)=O. The van der Waals surface area contributed by atoms with Crippen molar-refractivity contribution < 1.29 is 26.3 Å². The van der Waals surface area contributed by atoms with Crippen LogP contribution >= 0.6 is 0 Å². The van der Waals surface area contributed by atoms with Crippen LogP contribution in [0.25, 0.3) is 0 Å². The molecular weight excluding hydrogens is 271 g/mol. The van der Waals surface area contributed by atoms with Crippen molar-refractivity contribution in [3.05, 3.63) is 23.8 Å². The molecule has 0 amide bonds. The van der Waals surface area contributed by atoms with Gasteiger partial charge in [0.25, 0.3) is 0 Å². The van der Waals surface area contributed by atoms with Crippen LogP contribution in [-0.2, 0) is 16.4 Å². The first-order valence-electron chi connectivity index (χ1n) is 5.05. The number of nitrogens with two attached hydrogens (primary N) is 1. The molecule has 0 unspecified atom stereocenters. The summed E-state index contributed by atoms with van der Waals surface area (Å²) in [5.41, 5.74) is 0.210. The first-order valence-corrected chi connectivity index (χ1v) is 6.59. The average molecular weight is 283 g/mol. The van der Waals surface area contributed by atoms with Crippen molar-refractivity contribution in [1.82, 2.24) is 0 Å². The van der Waals surface area contributed by atoms with Crippen LogP contribution in [0.5, 0.6) is 5.75 Å². The molecule has 1 aromatic rings. The summed E-state index contributed by atoms with van der Waals surface area (Å²) in [4.78, 5) is -0.182. The molecule has 0 aliphatic carbocycles. The molecule has 0 fully saturated rings. The second-order valence-corrected chi connectivity index (χ2v) is 5.14. The summed E-state index contributed by atoms with van der Waals surface area (Å²) in [6.07, 6.45) is -3.95. The number of hydrogen-bond acceptors (Lipinski definition) is 3. The Hall–Kier alpha value is -1.28. The molecule has 0 saturated carbocycles.